The first kappa shape index (κ1) is 8.11. The smallest absolute Gasteiger partial charge is 0.188 e. The molecule has 56 valence electrons. The predicted molar refractivity (Wildman–Crippen MR) is 40.2 cm³/mol. The third kappa shape index (κ3) is 1.75. The minimum Gasteiger partial charge on any atom is -0.188 e. The number of hydrogen-bond acceptors (Lipinski definition) is 2. The molecule has 3 nitrogen and oxygen atoms in total. The minimum absolute atomic E-state index is 0.333. The molecule has 1 aromatic heterocycles. The van der Waals surface area contributed by atoms with Gasteiger partial charge >= 0.3 is 0 Å². The molecule has 0 radical (unpaired) electrons. The van der Waals surface area contributed by atoms with E-state index in [-0.39, 0.29) is 0 Å². The van der Waals surface area contributed by atoms with Gasteiger partial charge in [-0.15, -0.1) is 0 Å². The first-order valence-corrected chi connectivity index (χ1v) is 3.57. The van der Waals surface area contributed by atoms with Gasteiger partial charge in [0, 0.05) is 7.05 Å². The number of aryl methyl sites for hydroxylation is 1. The first-order chi connectivity index (χ1) is 4.50. The van der Waals surface area contributed by atoms with Crippen molar-refractivity contribution >= 4 is 34.8 Å². The molecular weight excluding hydrogens is 196 g/mol. The van der Waals surface area contributed by atoms with Gasteiger partial charge in [-0.05, 0) is 0 Å². The van der Waals surface area contributed by atoms with Crippen LogP contribution < -0.4 is 0 Å². The number of rotatable bonds is 0. The van der Waals surface area contributed by atoms with Crippen LogP contribution in [-0.2, 0) is 10.8 Å². The molecule has 0 atom stereocenters. The second kappa shape index (κ2) is 2.57. The van der Waals surface area contributed by atoms with Crippen LogP contribution >= 0.6 is 34.8 Å². The third-order valence-corrected chi connectivity index (χ3v) is 1.47. The summed E-state index contributed by atoms with van der Waals surface area (Å²) in [7, 11) is 1.65. The molecule has 0 aromatic carbocycles. The Morgan fingerprint density at radius 2 is 2.10 bits per heavy atom. The summed E-state index contributed by atoms with van der Waals surface area (Å²) >= 11 is 16.5. The number of hydrogen-bond donors (Lipinski definition) is 0. The summed E-state index contributed by atoms with van der Waals surface area (Å²) in [6.07, 6.45) is 1.41. The van der Waals surface area contributed by atoms with Crippen molar-refractivity contribution in [1.82, 2.24) is 15.0 Å². The highest BCUT2D eigenvalue weighted by molar-refractivity contribution is 6.66. The summed E-state index contributed by atoms with van der Waals surface area (Å²) in [6.45, 7) is 0. The van der Waals surface area contributed by atoms with Gasteiger partial charge in [-0.3, -0.25) is 0 Å². The lowest BCUT2D eigenvalue weighted by molar-refractivity contribution is 0.646. The van der Waals surface area contributed by atoms with Gasteiger partial charge < -0.3 is 0 Å². The van der Waals surface area contributed by atoms with E-state index in [4.69, 9.17) is 34.8 Å². The Hall–Kier alpha value is 0.01000. The van der Waals surface area contributed by atoms with Gasteiger partial charge in [-0.1, -0.05) is 34.8 Å². The fraction of sp³-hybridized carbons (Fsp3) is 0.500. The van der Waals surface area contributed by atoms with Crippen LogP contribution in [0, 0.1) is 0 Å². The topological polar surface area (TPSA) is 30.7 Å². The lowest BCUT2D eigenvalue weighted by Gasteiger charge is -2.03. The standard InChI is InChI=1S/C4H4Cl3N3/c1-10-8-2-3(9-10)4(5,6)7/h2H,1H3. The molecular formula is C4H4Cl3N3. The van der Waals surface area contributed by atoms with Crippen molar-refractivity contribution in [3.05, 3.63) is 11.9 Å². The molecule has 0 spiro atoms. The van der Waals surface area contributed by atoms with Gasteiger partial charge in [-0.25, -0.2) is 0 Å². The van der Waals surface area contributed by atoms with Crippen LogP contribution in [0.5, 0.6) is 0 Å². The van der Waals surface area contributed by atoms with Crippen LogP contribution in [0.4, 0.5) is 0 Å². The maximum atomic E-state index is 5.49. The van der Waals surface area contributed by atoms with E-state index in [1.807, 2.05) is 0 Å². The Morgan fingerprint density at radius 1 is 1.50 bits per heavy atom. The highest BCUT2D eigenvalue weighted by Crippen LogP contribution is 2.36. The fourth-order valence-electron chi connectivity index (χ4n) is 0.476. The normalized spacial score (nSPS) is 12.0. The van der Waals surface area contributed by atoms with Crippen LogP contribution in [0.2, 0.25) is 0 Å². The van der Waals surface area contributed by atoms with Gasteiger partial charge in [-0.2, -0.15) is 15.0 Å². The SMILES string of the molecule is Cn1ncc(C(Cl)(Cl)Cl)n1. The molecule has 6 heteroatoms. The molecule has 0 N–H and O–H groups in total. The predicted octanol–water partition coefficient (Wildman–Crippen LogP) is 1.64. The van der Waals surface area contributed by atoms with E-state index in [9.17, 15) is 0 Å². The average Bonchev–Trinajstić information content (AvgIpc) is 2.11. The molecule has 0 fully saturated rings. The van der Waals surface area contributed by atoms with E-state index in [0.29, 0.717) is 5.69 Å². The average molecular weight is 200 g/mol. The fourth-order valence-corrected chi connectivity index (χ4v) is 0.735. The molecule has 0 bridgehead atoms. The second-order valence-corrected chi connectivity index (χ2v) is 4.00. The molecule has 0 saturated carbocycles. The molecule has 0 aliphatic heterocycles. The summed E-state index contributed by atoms with van der Waals surface area (Å²) < 4.78 is -1.46. The monoisotopic (exact) mass is 199 g/mol. The number of alkyl halides is 3. The van der Waals surface area contributed by atoms with Crippen LogP contribution in [0.3, 0.4) is 0 Å². The summed E-state index contributed by atoms with van der Waals surface area (Å²) in [5, 5.41) is 7.53. The molecule has 0 saturated heterocycles. The van der Waals surface area contributed by atoms with Crippen LogP contribution in [0.15, 0.2) is 6.20 Å². The van der Waals surface area contributed by atoms with Gasteiger partial charge in [0.25, 0.3) is 0 Å². The Bertz CT molecular complexity index is 226. The molecule has 0 unspecified atom stereocenters. The summed E-state index contributed by atoms with van der Waals surface area (Å²) in [5.41, 5.74) is 0.333. The highest BCUT2D eigenvalue weighted by Gasteiger charge is 2.26. The lowest BCUT2D eigenvalue weighted by atomic mass is 10.5. The van der Waals surface area contributed by atoms with Crippen molar-refractivity contribution in [3.8, 4) is 0 Å². The van der Waals surface area contributed by atoms with Crippen LogP contribution in [-0.4, -0.2) is 15.0 Å². The Balaban J connectivity index is 2.96. The molecule has 0 aliphatic carbocycles. The molecule has 1 rings (SSSR count). The summed E-state index contributed by atoms with van der Waals surface area (Å²) in [6, 6.07) is 0. The highest BCUT2D eigenvalue weighted by atomic mass is 35.6. The number of halogens is 3. The molecule has 10 heavy (non-hydrogen) atoms. The third-order valence-electron chi connectivity index (χ3n) is 0.890. The van der Waals surface area contributed by atoms with E-state index in [2.05, 4.69) is 10.2 Å². The van der Waals surface area contributed by atoms with Gasteiger partial charge in [0.05, 0.1) is 6.20 Å². The summed E-state index contributed by atoms with van der Waals surface area (Å²) in [4.78, 5) is 1.33. The lowest BCUT2D eigenvalue weighted by Crippen LogP contribution is -2.02. The molecule has 1 heterocycles. The Labute approximate surface area is 72.9 Å². The molecule has 0 amide bonds. The minimum atomic E-state index is -1.46. The maximum absolute atomic E-state index is 5.49. The Kier molecular flexibility index (Phi) is 2.08. The van der Waals surface area contributed by atoms with Crippen molar-refractivity contribution in [2.75, 3.05) is 0 Å². The van der Waals surface area contributed by atoms with Gasteiger partial charge in [0.2, 0.25) is 3.79 Å². The van der Waals surface area contributed by atoms with E-state index >= 15 is 0 Å². The summed E-state index contributed by atoms with van der Waals surface area (Å²) in [5.74, 6) is 0. The second-order valence-electron chi connectivity index (χ2n) is 1.72. The number of nitrogens with zero attached hydrogens (tertiary/aromatic N) is 3. The van der Waals surface area contributed by atoms with Crippen LogP contribution in [0.1, 0.15) is 5.69 Å². The van der Waals surface area contributed by atoms with Crippen molar-refractivity contribution in [1.29, 1.82) is 0 Å². The van der Waals surface area contributed by atoms with Gasteiger partial charge in [0.1, 0.15) is 5.69 Å². The van der Waals surface area contributed by atoms with E-state index in [1.54, 1.807) is 7.05 Å². The van der Waals surface area contributed by atoms with E-state index in [0.717, 1.165) is 0 Å². The first-order valence-electron chi connectivity index (χ1n) is 2.43. The quantitative estimate of drug-likeness (QED) is 0.596. The molecule has 1 aromatic rings. The zero-order valence-electron chi connectivity index (χ0n) is 5.05. The van der Waals surface area contributed by atoms with Crippen LogP contribution in [0.25, 0.3) is 0 Å². The Morgan fingerprint density at radius 3 is 2.30 bits per heavy atom. The maximum Gasteiger partial charge on any atom is 0.235 e. The zero-order chi connectivity index (χ0) is 7.78. The van der Waals surface area contributed by atoms with Crippen molar-refractivity contribution in [2.45, 2.75) is 3.79 Å². The van der Waals surface area contributed by atoms with E-state index in [1.165, 1.54) is 11.0 Å². The zero-order valence-corrected chi connectivity index (χ0v) is 7.32. The van der Waals surface area contributed by atoms with E-state index < -0.39 is 3.79 Å². The molecule has 0 aliphatic rings. The largest absolute Gasteiger partial charge is 0.235 e. The number of aromatic nitrogens is 3. The van der Waals surface area contributed by atoms with Crippen molar-refractivity contribution in [2.24, 2.45) is 7.05 Å². The van der Waals surface area contributed by atoms with Crippen molar-refractivity contribution in [3.63, 3.8) is 0 Å². The van der Waals surface area contributed by atoms with Crippen molar-refractivity contribution < 1.29 is 0 Å². The van der Waals surface area contributed by atoms with Gasteiger partial charge in [0.15, 0.2) is 0 Å².